The number of amides is 1. The van der Waals surface area contributed by atoms with E-state index in [-0.39, 0.29) is 17.4 Å². The van der Waals surface area contributed by atoms with Gasteiger partial charge in [0, 0.05) is 6.54 Å². The standard InChI is InChI=1S/C11H18N2O3S/c1-3-13(7-8(14)16-2)10(15)11(9(12)17)5-4-6-11/h3-7H2,1-2H3,(H2,12,17). The fourth-order valence-corrected chi connectivity index (χ4v) is 2.24. The maximum Gasteiger partial charge on any atom is 0.325 e. The zero-order chi connectivity index (χ0) is 13.1. The van der Waals surface area contributed by atoms with Crippen LogP contribution in [0.1, 0.15) is 26.2 Å². The Morgan fingerprint density at radius 3 is 2.35 bits per heavy atom. The predicted octanol–water partition coefficient (Wildman–Crippen LogP) is 0.464. The summed E-state index contributed by atoms with van der Waals surface area (Å²) in [6.45, 7) is 2.21. The lowest BCUT2D eigenvalue weighted by Crippen LogP contribution is -2.55. The molecule has 1 amide bonds. The molecule has 0 saturated heterocycles. The Morgan fingerprint density at radius 2 is 2.06 bits per heavy atom. The molecule has 0 atom stereocenters. The van der Waals surface area contributed by atoms with Crippen molar-refractivity contribution in [3.05, 3.63) is 0 Å². The van der Waals surface area contributed by atoms with E-state index in [9.17, 15) is 9.59 Å². The second-order valence-corrected chi connectivity index (χ2v) is 4.64. The molecule has 0 aromatic heterocycles. The summed E-state index contributed by atoms with van der Waals surface area (Å²) in [4.78, 5) is 25.2. The van der Waals surface area contributed by atoms with E-state index in [1.54, 1.807) is 0 Å². The number of hydrogen-bond donors (Lipinski definition) is 1. The monoisotopic (exact) mass is 258 g/mol. The number of rotatable bonds is 5. The van der Waals surface area contributed by atoms with E-state index in [0.717, 1.165) is 6.42 Å². The van der Waals surface area contributed by atoms with Gasteiger partial charge in [0.15, 0.2) is 0 Å². The van der Waals surface area contributed by atoms with Crippen molar-refractivity contribution in [3.8, 4) is 0 Å². The van der Waals surface area contributed by atoms with Gasteiger partial charge in [0.1, 0.15) is 6.54 Å². The van der Waals surface area contributed by atoms with Crippen LogP contribution in [0.5, 0.6) is 0 Å². The third-order valence-electron chi connectivity index (χ3n) is 3.30. The maximum atomic E-state index is 12.3. The molecule has 1 saturated carbocycles. The lowest BCUT2D eigenvalue weighted by molar-refractivity contribution is -0.151. The molecule has 0 spiro atoms. The third kappa shape index (κ3) is 2.57. The van der Waals surface area contributed by atoms with Crippen LogP contribution in [0, 0.1) is 5.41 Å². The first kappa shape index (κ1) is 13.9. The molecular formula is C11H18N2O3S. The van der Waals surface area contributed by atoms with Gasteiger partial charge in [-0.25, -0.2) is 0 Å². The van der Waals surface area contributed by atoms with Crippen LogP contribution in [-0.4, -0.2) is 42.0 Å². The molecule has 0 aromatic rings. The normalized spacial score (nSPS) is 16.8. The van der Waals surface area contributed by atoms with Crippen molar-refractivity contribution >= 4 is 29.1 Å². The van der Waals surface area contributed by atoms with Gasteiger partial charge in [-0.3, -0.25) is 9.59 Å². The Morgan fingerprint density at radius 1 is 1.47 bits per heavy atom. The largest absolute Gasteiger partial charge is 0.468 e. The summed E-state index contributed by atoms with van der Waals surface area (Å²) < 4.78 is 4.56. The lowest BCUT2D eigenvalue weighted by atomic mass is 9.67. The summed E-state index contributed by atoms with van der Waals surface area (Å²) in [7, 11) is 1.30. The van der Waals surface area contributed by atoms with E-state index in [4.69, 9.17) is 18.0 Å². The molecule has 0 aliphatic heterocycles. The number of methoxy groups -OCH3 is 1. The first-order valence-electron chi connectivity index (χ1n) is 5.64. The van der Waals surface area contributed by atoms with Crippen LogP contribution >= 0.6 is 12.2 Å². The van der Waals surface area contributed by atoms with Crippen molar-refractivity contribution in [2.45, 2.75) is 26.2 Å². The Hall–Kier alpha value is -1.17. The van der Waals surface area contributed by atoms with Crippen LogP contribution in [0.4, 0.5) is 0 Å². The minimum absolute atomic E-state index is 0.0454. The maximum absolute atomic E-state index is 12.3. The molecule has 0 aromatic carbocycles. The van der Waals surface area contributed by atoms with Gasteiger partial charge in [0.05, 0.1) is 17.5 Å². The first-order chi connectivity index (χ1) is 7.97. The van der Waals surface area contributed by atoms with Crippen LogP contribution < -0.4 is 5.73 Å². The van der Waals surface area contributed by atoms with Crippen LogP contribution in [0.25, 0.3) is 0 Å². The number of hydrogen-bond acceptors (Lipinski definition) is 4. The van der Waals surface area contributed by atoms with Crippen molar-refractivity contribution < 1.29 is 14.3 Å². The van der Waals surface area contributed by atoms with Gasteiger partial charge in [-0.2, -0.15) is 0 Å². The van der Waals surface area contributed by atoms with Gasteiger partial charge >= 0.3 is 5.97 Å². The summed E-state index contributed by atoms with van der Waals surface area (Å²) in [6.07, 6.45) is 2.30. The minimum atomic E-state index is -0.723. The van der Waals surface area contributed by atoms with E-state index < -0.39 is 11.4 Å². The average Bonchev–Trinajstić information content (AvgIpc) is 2.22. The van der Waals surface area contributed by atoms with Gasteiger partial charge in [-0.1, -0.05) is 18.6 Å². The molecule has 0 heterocycles. The average molecular weight is 258 g/mol. The molecule has 0 bridgehead atoms. The van der Waals surface area contributed by atoms with Crippen molar-refractivity contribution in [2.75, 3.05) is 20.2 Å². The van der Waals surface area contributed by atoms with Crippen molar-refractivity contribution in [3.63, 3.8) is 0 Å². The highest BCUT2D eigenvalue weighted by Crippen LogP contribution is 2.42. The third-order valence-corrected chi connectivity index (χ3v) is 3.70. The van der Waals surface area contributed by atoms with Crippen LogP contribution in [0.15, 0.2) is 0 Å². The quantitative estimate of drug-likeness (QED) is 0.573. The molecule has 17 heavy (non-hydrogen) atoms. The number of nitrogens with two attached hydrogens (primary N) is 1. The molecular weight excluding hydrogens is 240 g/mol. The Balaban J connectivity index is 2.78. The predicted molar refractivity (Wildman–Crippen MR) is 67.3 cm³/mol. The number of carbonyl (C=O) groups excluding carboxylic acids is 2. The van der Waals surface area contributed by atoms with E-state index >= 15 is 0 Å². The molecule has 0 unspecified atom stereocenters. The van der Waals surface area contributed by atoms with E-state index in [1.807, 2.05) is 6.92 Å². The van der Waals surface area contributed by atoms with Gasteiger partial charge < -0.3 is 15.4 Å². The Kier molecular flexibility index (Phi) is 4.45. The summed E-state index contributed by atoms with van der Waals surface area (Å²) in [6, 6.07) is 0. The molecule has 1 rings (SSSR count). The van der Waals surface area contributed by atoms with Crippen LogP contribution in [-0.2, 0) is 14.3 Å². The minimum Gasteiger partial charge on any atom is -0.468 e. The zero-order valence-electron chi connectivity index (χ0n) is 10.2. The van der Waals surface area contributed by atoms with E-state index in [1.165, 1.54) is 12.0 Å². The van der Waals surface area contributed by atoms with E-state index in [0.29, 0.717) is 19.4 Å². The number of ether oxygens (including phenoxy) is 1. The van der Waals surface area contributed by atoms with Gasteiger partial charge in [-0.05, 0) is 19.8 Å². The SMILES string of the molecule is CCN(CC(=O)OC)C(=O)C1(C(N)=S)CCC1. The topological polar surface area (TPSA) is 72.6 Å². The zero-order valence-corrected chi connectivity index (χ0v) is 11.0. The first-order valence-corrected chi connectivity index (χ1v) is 6.05. The van der Waals surface area contributed by atoms with Gasteiger partial charge in [-0.15, -0.1) is 0 Å². The van der Waals surface area contributed by atoms with Crippen molar-refractivity contribution in [2.24, 2.45) is 11.1 Å². The van der Waals surface area contributed by atoms with E-state index in [2.05, 4.69) is 4.74 Å². The fourth-order valence-electron chi connectivity index (χ4n) is 1.95. The Bertz CT molecular complexity index is 340. The van der Waals surface area contributed by atoms with Crippen LogP contribution in [0.3, 0.4) is 0 Å². The second-order valence-electron chi connectivity index (χ2n) is 4.20. The Labute approximate surface area is 106 Å². The molecule has 1 aliphatic carbocycles. The van der Waals surface area contributed by atoms with Crippen molar-refractivity contribution in [1.29, 1.82) is 0 Å². The van der Waals surface area contributed by atoms with Gasteiger partial charge in [0.2, 0.25) is 5.91 Å². The number of nitrogens with zero attached hydrogens (tertiary/aromatic N) is 1. The number of thiocarbonyl (C=S) groups is 1. The second kappa shape index (κ2) is 5.44. The molecule has 0 radical (unpaired) electrons. The molecule has 96 valence electrons. The number of esters is 1. The summed E-state index contributed by atoms with van der Waals surface area (Å²) >= 11 is 4.98. The molecule has 6 heteroatoms. The van der Waals surface area contributed by atoms with Crippen LogP contribution in [0.2, 0.25) is 0 Å². The van der Waals surface area contributed by atoms with Gasteiger partial charge in [0.25, 0.3) is 0 Å². The smallest absolute Gasteiger partial charge is 0.325 e. The summed E-state index contributed by atoms with van der Waals surface area (Å²) in [5.74, 6) is -0.582. The highest BCUT2D eigenvalue weighted by Gasteiger charge is 2.48. The molecule has 2 N–H and O–H groups in total. The lowest BCUT2D eigenvalue weighted by Gasteiger charge is -2.42. The molecule has 5 nitrogen and oxygen atoms in total. The van der Waals surface area contributed by atoms with Crippen molar-refractivity contribution in [1.82, 2.24) is 4.90 Å². The molecule has 1 aliphatic rings. The highest BCUT2D eigenvalue weighted by atomic mass is 32.1. The summed E-state index contributed by atoms with van der Waals surface area (Å²) in [5.41, 5.74) is 4.93. The molecule has 1 fully saturated rings. The highest BCUT2D eigenvalue weighted by molar-refractivity contribution is 7.80. The number of carbonyl (C=O) groups is 2. The summed E-state index contributed by atoms with van der Waals surface area (Å²) in [5, 5.41) is 0. The number of likely N-dealkylation sites (N-methyl/N-ethyl adjacent to an activating group) is 1. The fraction of sp³-hybridized carbons (Fsp3) is 0.727.